The number of hydrogen-bond donors (Lipinski definition) is 3. The average molecular weight is 511 g/mol. The molecule has 10 nitrogen and oxygen atoms in total. The molecule has 0 aliphatic carbocycles. The lowest BCUT2D eigenvalue weighted by Crippen LogP contribution is -2.28. The highest BCUT2D eigenvalue weighted by atomic mass is 19.1. The molecule has 4 aromatic rings. The van der Waals surface area contributed by atoms with Crippen LogP contribution in [0.2, 0.25) is 0 Å². The van der Waals surface area contributed by atoms with Gasteiger partial charge in [0.1, 0.15) is 29.4 Å². The Labute approximate surface area is 213 Å². The fraction of sp³-hybridized carbons (Fsp3) is 0.385. The second kappa shape index (κ2) is 10.8. The molecule has 0 radical (unpaired) electrons. The quantitative estimate of drug-likeness (QED) is 0.334. The van der Waals surface area contributed by atoms with Crippen molar-refractivity contribution >= 4 is 23.0 Å². The second-order valence-electron chi connectivity index (χ2n) is 9.81. The molecule has 3 aromatic heterocycles. The van der Waals surface area contributed by atoms with E-state index in [4.69, 9.17) is 25.4 Å². The zero-order valence-corrected chi connectivity index (χ0v) is 21.0. The van der Waals surface area contributed by atoms with Crippen molar-refractivity contribution < 1.29 is 24.1 Å². The Balaban J connectivity index is 0.00000102. The molecule has 0 amide bonds. The van der Waals surface area contributed by atoms with Gasteiger partial charge < -0.3 is 20.7 Å². The summed E-state index contributed by atoms with van der Waals surface area (Å²) < 4.78 is 21.8. The van der Waals surface area contributed by atoms with Crippen molar-refractivity contribution in [1.82, 2.24) is 24.5 Å². The molecule has 5 rings (SSSR count). The van der Waals surface area contributed by atoms with Crippen LogP contribution in [0, 0.1) is 5.82 Å². The number of carboxylic acid groups (broad SMARTS) is 1. The summed E-state index contributed by atoms with van der Waals surface area (Å²) in [5.41, 5.74) is 7.98. The van der Waals surface area contributed by atoms with Gasteiger partial charge in [-0.3, -0.25) is 14.1 Å². The van der Waals surface area contributed by atoms with E-state index in [0.29, 0.717) is 28.1 Å². The van der Waals surface area contributed by atoms with E-state index < -0.39 is 11.4 Å². The van der Waals surface area contributed by atoms with Gasteiger partial charge >= 0.3 is 0 Å². The molecule has 1 saturated heterocycles. The summed E-state index contributed by atoms with van der Waals surface area (Å²) in [6.07, 6.45) is 3.05. The van der Waals surface area contributed by atoms with Gasteiger partial charge in [-0.2, -0.15) is 0 Å². The number of likely N-dealkylation sites (tertiary alicyclic amines) is 1. The Hall–Kier alpha value is -3.67. The molecule has 0 spiro atoms. The third-order valence-electron chi connectivity index (χ3n) is 6.24. The van der Waals surface area contributed by atoms with Crippen LogP contribution < -0.4 is 10.5 Å². The van der Waals surface area contributed by atoms with Crippen LogP contribution in [-0.4, -0.2) is 72.5 Å². The van der Waals surface area contributed by atoms with Gasteiger partial charge in [0, 0.05) is 42.8 Å². The number of fused-ring (bicyclic) bond motifs is 2. The number of nitrogens with zero attached hydrogens (tertiary/aromatic N) is 5. The molecule has 1 aliphatic rings. The predicted octanol–water partition coefficient (Wildman–Crippen LogP) is 3.03. The van der Waals surface area contributed by atoms with E-state index >= 15 is 0 Å². The van der Waals surface area contributed by atoms with Crippen molar-refractivity contribution in [2.75, 3.05) is 19.7 Å². The molecule has 4 heterocycles. The molecule has 196 valence electrons. The van der Waals surface area contributed by atoms with E-state index in [1.165, 1.54) is 12.1 Å². The third-order valence-corrected chi connectivity index (χ3v) is 6.24. The van der Waals surface area contributed by atoms with Crippen molar-refractivity contribution in [2.45, 2.75) is 44.9 Å². The van der Waals surface area contributed by atoms with E-state index in [9.17, 15) is 9.50 Å². The topological polar surface area (TPSA) is 139 Å². The molecule has 11 heteroatoms. The van der Waals surface area contributed by atoms with Gasteiger partial charge in [0.25, 0.3) is 6.47 Å². The zero-order chi connectivity index (χ0) is 26.7. The molecular weight excluding hydrogens is 479 g/mol. The van der Waals surface area contributed by atoms with Crippen LogP contribution >= 0.6 is 0 Å². The van der Waals surface area contributed by atoms with Gasteiger partial charge in [-0.15, -0.1) is 10.2 Å². The minimum absolute atomic E-state index is 0.00668. The second-order valence-corrected chi connectivity index (χ2v) is 9.81. The lowest BCUT2D eigenvalue weighted by molar-refractivity contribution is -0.122. The Kier molecular flexibility index (Phi) is 7.67. The highest BCUT2D eigenvalue weighted by Gasteiger charge is 2.25. The molecular formula is C26H31FN6O4. The largest absolute Gasteiger partial charge is 0.488 e. The Morgan fingerprint density at radius 2 is 2.03 bits per heavy atom. The number of nitrogens with two attached hydrogens (primary N) is 1. The summed E-state index contributed by atoms with van der Waals surface area (Å²) in [5, 5.41) is 26.2. The molecule has 4 N–H and O–H groups in total. The number of pyridine rings is 2. The standard InChI is InChI=1S/C25H29FN6O2.CH2O2/c1-15(31-9-8-19(27)13-31)17-5-7-22-29-30-24(32(22)12-17)20-6-4-16-10-18(26)11-21(23(16)28-20)34-14-25(2,3)33;2-1-3/h4-7,10-12,15,19,33H,8-9,13-14,27H2,1-3H3;1H,(H,2,3)/t15-,19-;/m0./s1. The number of rotatable bonds is 6. The van der Waals surface area contributed by atoms with Gasteiger partial charge in [-0.25, -0.2) is 9.37 Å². The first-order valence-corrected chi connectivity index (χ1v) is 12.0. The summed E-state index contributed by atoms with van der Waals surface area (Å²) >= 11 is 0. The molecule has 2 atom stereocenters. The maximum absolute atomic E-state index is 14.2. The van der Waals surface area contributed by atoms with Crippen molar-refractivity contribution in [1.29, 1.82) is 0 Å². The van der Waals surface area contributed by atoms with Crippen LogP contribution in [0.15, 0.2) is 42.6 Å². The normalized spacial score (nSPS) is 17.0. The van der Waals surface area contributed by atoms with Crippen molar-refractivity contribution in [3.05, 3.63) is 54.0 Å². The maximum Gasteiger partial charge on any atom is 0.290 e. The van der Waals surface area contributed by atoms with E-state index in [1.807, 2.05) is 16.7 Å². The number of hydrogen-bond acceptors (Lipinski definition) is 8. The number of ether oxygens (including phenoxy) is 1. The van der Waals surface area contributed by atoms with Crippen LogP contribution in [0.4, 0.5) is 4.39 Å². The smallest absolute Gasteiger partial charge is 0.290 e. The van der Waals surface area contributed by atoms with Crippen molar-refractivity contribution in [3.63, 3.8) is 0 Å². The van der Waals surface area contributed by atoms with E-state index in [-0.39, 0.29) is 30.9 Å². The minimum atomic E-state index is -1.06. The van der Waals surface area contributed by atoms with E-state index in [1.54, 1.807) is 26.0 Å². The van der Waals surface area contributed by atoms with Crippen LogP contribution in [0.5, 0.6) is 5.75 Å². The lowest BCUT2D eigenvalue weighted by atomic mass is 10.1. The lowest BCUT2D eigenvalue weighted by Gasteiger charge is -2.24. The molecule has 0 unspecified atom stereocenters. The summed E-state index contributed by atoms with van der Waals surface area (Å²) in [5.74, 6) is 0.426. The number of carbonyl (C=O) groups is 1. The predicted molar refractivity (Wildman–Crippen MR) is 137 cm³/mol. The fourth-order valence-electron chi connectivity index (χ4n) is 4.36. The number of halogens is 1. The third kappa shape index (κ3) is 6.01. The van der Waals surface area contributed by atoms with Gasteiger partial charge in [0.15, 0.2) is 11.5 Å². The number of aliphatic hydroxyl groups is 1. The van der Waals surface area contributed by atoms with Crippen LogP contribution in [0.3, 0.4) is 0 Å². The minimum Gasteiger partial charge on any atom is -0.488 e. The zero-order valence-electron chi connectivity index (χ0n) is 21.0. The molecule has 1 aliphatic heterocycles. The summed E-state index contributed by atoms with van der Waals surface area (Å²) in [6, 6.07) is 10.7. The molecule has 0 saturated carbocycles. The van der Waals surface area contributed by atoms with E-state index in [2.05, 4.69) is 28.1 Å². The first-order valence-electron chi connectivity index (χ1n) is 12.0. The Bertz CT molecular complexity index is 1400. The summed E-state index contributed by atoms with van der Waals surface area (Å²) in [6.45, 7) is 7.05. The van der Waals surface area contributed by atoms with Gasteiger partial charge in [-0.1, -0.05) is 12.1 Å². The van der Waals surface area contributed by atoms with Crippen molar-refractivity contribution in [3.8, 4) is 17.3 Å². The van der Waals surface area contributed by atoms with Gasteiger partial charge in [0.2, 0.25) is 0 Å². The van der Waals surface area contributed by atoms with Crippen LogP contribution in [0.25, 0.3) is 28.1 Å². The molecule has 1 fully saturated rings. The highest BCUT2D eigenvalue weighted by Crippen LogP contribution is 2.30. The first-order chi connectivity index (χ1) is 17.6. The number of aromatic nitrogens is 4. The van der Waals surface area contributed by atoms with Gasteiger partial charge in [-0.05, 0) is 51.0 Å². The molecule has 0 bridgehead atoms. The average Bonchev–Trinajstić information content (AvgIpc) is 3.47. The summed E-state index contributed by atoms with van der Waals surface area (Å²) in [4.78, 5) is 15.5. The summed E-state index contributed by atoms with van der Waals surface area (Å²) in [7, 11) is 0. The molecule has 1 aromatic carbocycles. The van der Waals surface area contributed by atoms with Crippen LogP contribution in [0.1, 0.15) is 38.8 Å². The van der Waals surface area contributed by atoms with E-state index in [0.717, 1.165) is 25.1 Å². The van der Waals surface area contributed by atoms with Crippen molar-refractivity contribution in [2.24, 2.45) is 5.73 Å². The van der Waals surface area contributed by atoms with Gasteiger partial charge in [0.05, 0.1) is 5.60 Å². The van der Waals surface area contributed by atoms with Crippen LogP contribution in [-0.2, 0) is 4.79 Å². The number of benzene rings is 1. The Morgan fingerprint density at radius 1 is 1.27 bits per heavy atom. The monoisotopic (exact) mass is 510 g/mol. The Morgan fingerprint density at radius 3 is 2.70 bits per heavy atom. The molecule has 37 heavy (non-hydrogen) atoms. The first kappa shape index (κ1) is 26.4. The highest BCUT2D eigenvalue weighted by molar-refractivity contribution is 5.86. The maximum atomic E-state index is 14.2. The fourth-order valence-corrected chi connectivity index (χ4v) is 4.36. The SMILES string of the molecule is C[C@@H](c1ccc2nnc(-c3ccc4cc(F)cc(OCC(C)(C)O)c4n3)n2c1)N1CC[C@H](N)C1.O=CO.